The molecule has 0 bridgehead atoms. The number of nitrogens with one attached hydrogen (secondary N) is 1. The highest BCUT2D eigenvalue weighted by Crippen LogP contribution is 2.27. The number of aromatic nitrogens is 4. The van der Waals surface area contributed by atoms with Crippen molar-refractivity contribution in [3.05, 3.63) is 35.9 Å². The van der Waals surface area contributed by atoms with Gasteiger partial charge in [-0.05, 0) is 24.6 Å². The lowest BCUT2D eigenvalue weighted by Gasteiger charge is -2.07. The van der Waals surface area contributed by atoms with E-state index < -0.39 is 0 Å². The van der Waals surface area contributed by atoms with Crippen molar-refractivity contribution < 1.29 is 9.13 Å². The molecule has 3 aromatic rings. The molecule has 0 aliphatic heterocycles. The van der Waals surface area contributed by atoms with Crippen LogP contribution in [0.4, 0.5) is 10.2 Å². The van der Waals surface area contributed by atoms with Crippen LogP contribution in [-0.2, 0) is 12.8 Å². The van der Waals surface area contributed by atoms with Gasteiger partial charge >= 0.3 is 0 Å². The van der Waals surface area contributed by atoms with E-state index in [1.54, 1.807) is 12.4 Å². The zero-order chi connectivity index (χ0) is 17.1. The van der Waals surface area contributed by atoms with Gasteiger partial charge in [0.05, 0.1) is 13.4 Å². The monoisotopic (exact) mass is 347 g/mol. The summed E-state index contributed by atoms with van der Waals surface area (Å²) in [6.07, 6.45) is 1.72. The second-order valence-electron chi connectivity index (χ2n) is 5.17. The maximum atomic E-state index is 13.8. The third kappa shape index (κ3) is 3.28. The highest BCUT2D eigenvalue weighted by atomic mass is 32.2. The lowest BCUT2D eigenvalue weighted by Crippen LogP contribution is -2.03. The molecule has 0 amide bonds. The Labute approximate surface area is 143 Å². The highest BCUT2D eigenvalue weighted by Gasteiger charge is 2.12. The second-order valence-corrected chi connectivity index (χ2v) is 6.11. The molecule has 0 atom stereocenters. The number of ether oxygens (including phenoxy) is 1. The summed E-state index contributed by atoms with van der Waals surface area (Å²) in [5, 5.41) is 3.83. The van der Waals surface area contributed by atoms with Gasteiger partial charge in [0.1, 0.15) is 5.52 Å². The minimum absolute atomic E-state index is 0.241. The molecule has 1 N–H and O–H groups in total. The van der Waals surface area contributed by atoms with E-state index in [0.717, 1.165) is 23.3 Å². The summed E-state index contributed by atoms with van der Waals surface area (Å²) in [5.74, 6) is 1.15. The third-order valence-electron chi connectivity index (χ3n) is 3.47. The number of imidazole rings is 1. The minimum atomic E-state index is -0.369. The SMILES string of the molecule is CCNc1nc(SCc2ccc(OC)c(F)c2)nc2c1ncn2C. The molecule has 0 unspecified atom stereocenters. The predicted molar refractivity (Wildman–Crippen MR) is 93.0 cm³/mol. The number of benzene rings is 1. The summed E-state index contributed by atoms with van der Waals surface area (Å²) in [7, 11) is 3.34. The van der Waals surface area contributed by atoms with Crippen LogP contribution >= 0.6 is 11.8 Å². The van der Waals surface area contributed by atoms with Crippen LogP contribution in [0.1, 0.15) is 12.5 Å². The van der Waals surface area contributed by atoms with E-state index in [2.05, 4.69) is 20.3 Å². The summed E-state index contributed by atoms with van der Waals surface area (Å²) < 4.78 is 20.6. The molecule has 2 heterocycles. The van der Waals surface area contributed by atoms with E-state index in [-0.39, 0.29) is 11.6 Å². The molecule has 3 rings (SSSR count). The largest absolute Gasteiger partial charge is 0.494 e. The number of hydrogen-bond acceptors (Lipinski definition) is 6. The van der Waals surface area contributed by atoms with Crippen molar-refractivity contribution in [2.75, 3.05) is 19.0 Å². The molecular weight excluding hydrogens is 329 g/mol. The number of nitrogens with zero attached hydrogens (tertiary/aromatic N) is 4. The van der Waals surface area contributed by atoms with Crippen LogP contribution < -0.4 is 10.1 Å². The van der Waals surface area contributed by atoms with Gasteiger partial charge in [0, 0.05) is 19.3 Å². The fourth-order valence-corrected chi connectivity index (χ4v) is 3.07. The summed E-state index contributed by atoms with van der Waals surface area (Å²) in [6, 6.07) is 4.93. The van der Waals surface area contributed by atoms with E-state index >= 15 is 0 Å². The highest BCUT2D eigenvalue weighted by molar-refractivity contribution is 7.98. The van der Waals surface area contributed by atoms with Crippen LogP contribution in [0.25, 0.3) is 11.2 Å². The summed E-state index contributed by atoms with van der Waals surface area (Å²) >= 11 is 1.45. The van der Waals surface area contributed by atoms with Gasteiger partial charge in [0.25, 0.3) is 0 Å². The molecular formula is C16H18FN5OS. The van der Waals surface area contributed by atoms with E-state index in [1.807, 2.05) is 24.6 Å². The maximum absolute atomic E-state index is 13.8. The molecule has 0 saturated carbocycles. The zero-order valence-electron chi connectivity index (χ0n) is 13.7. The van der Waals surface area contributed by atoms with Gasteiger partial charge in [0.15, 0.2) is 28.2 Å². The molecule has 1 aromatic carbocycles. The van der Waals surface area contributed by atoms with E-state index in [4.69, 9.17) is 4.74 Å². The zero-order valence-corrected chi connectivity index (χ0v) is 14.5. The van der Waals surface area contributed by atoms with Gasteiger partial charge in [-0.3, -0.25) is 0 Å². The van der Waals surface area contributed by atoms with Gasteiger partial charge < -0.3 is 14.6 Å². The Morgan fingerprint density at radius 2 is 2.17 bits per heavy atom. The maximum Gasteiger partial charge on any atom is 0.191 e. The van der Waals surface area contributed by atoms with E-state index in [1.165, 1.54) is 24.9 Å². The Bertz CT molecular complexity index is 867. The van der Waals surface area contributed by atoms with Gasteiger partial charge in [-0.25, -0.2) is 19.3 Å². The Kier molecular flexibility index (Phi) is 4.84. The minimum Gasteiger partial charge on any atom is -0.494 e. The molecule has 2 aromatic heterocycles. The van der Waals surface area contributed by atoms with Crippen LogP contribution in [0.15, 0.2) is 29.7 Å². The second kappa shape index (κ2) is 7.04. The molecule has 6 nitrogen and oxygen atoms in total. The summed E-state index contributed by atoms with van der Waals surface area (Å²) in [4.78, 5) is 13.4. The quantitative estimate of drug-likeness (QED) is 0.545. The number of rotatable bonds is 6. The van der Waals surface area contributed by atoms with Crippen molar-refractivity contribution in [3.8, 4) is 5.75 Å². The first-order chi connectivity index (χ1) is 11.6. The normalized spacial score (nSPS) is 11.0. The Balaban J connectivity index is 1.84. The van der Waals surface area contributed by atoms with Crippen molar-refractivity contribution in [2.45, 2.75) is 17.8 Å². The number of fused-ring (bicyclic) bond motifs is 1. The molecule has 24 heavy (non-hydrogen) atoms. The topological polar surface area (TPSA) is 64.9 Å². The van der Waals surface area contributed by atoms with Crippen LogP contribution in [0.3, 0.4) is 0 Å². The summed E-state index contributed by atoms with van der Waals surface area (Å²) in [5.41, 5.74) is 2.36. The predicted octanol–water partition coefficient (Wildman–Crippen LogP) is 3.24. The Morgan fingerprint density at radius 1 is 1.33 bits per heavy atom. The van der Waals surface area contributed by atoms with Crippen molar-refractivity contribution >= 4 is 28.7 Å². The van der Waals surface area contributed by atoms with E-state index in [0.29, 0.717) is 16.7 Å². The smallest absolute Gasteiger partial charge is 0.191 e. The Hall–Kier alpha value is -2.35. The molecule has 0 aliphatic carbocycles. The number of hydrogen-bond donors (Lipinski definition) is 1. The standard InChI is InChI=1S/C16H18FN5OS/c1-4-18-14-13-15(22(2)9-19-13)21-16(20-14)24-8-10-5-6-12(23-3)11(17)7-10/h5-7,9H,4,8H2,1-3H3,(H,18,20,21). The first-order valence-electron chi connectivity index (χ1n) is 7.50. The van der Waals surface area contributed by atoms with Crippen molar-refractivity contribution in [2.24, 2.45) is 7.05 Å². The molecule has 0 radical (unpaired) electrons. The van der Waals surface area contributed by atoms with Crippen LogP contribution in [0.5, 0.6) is 5.75 Å². The molecule has 0 aliphatic rings. The van der Waals surface area contributed by atoms with Crippen LogP contribution in [-0.4, -0.2) is 33.2 Å². The number of methoxy groups -OCH3 is 1. The number of aryl methyl sites for hydroxylation is 1. The first-order valence-corrected chi connectivity index (χ1v) is 8.49. The number of halogens is 1. The summed E-state index contributed by atoms with van der Waals surface area (Å²) in [6.45, 7) is 2.75. The number of anilines is 1. The lowest BCUT2D eigenvalue weighted by atomic mass is 10.2. The average molecular weight is 347 g/mol. The van der Waals surface area contributed by atoms with Crippen LogP contribution in [0.2, 0.25) is 0 Å². The molecule has 0 spiro atoms. The fourth-order valence-electron chi connectivity index (χ4n) is 2.29. The lowest BCUT2D eigenvalue weighted by molar-refractivity contribution is 0.386. The van der Waals surface area contributed by atoms with Crippen molar-refractivity contribution in [1.82, 2.24) is 19.5 Å². The average Bonchev–Trinajstić information content (AvgIpc) is 2.95. The van der Waals surface area contributed by atoms with Crippen molar-refractivity contribution in [3.63, 3.8) is 0 Å². The first kappa shape index (κ1) is 16.5. The van der Waals surface area contributed by atoms with Gasteiger partial charge in [-0.2, -0.15) is 0 Å². The van der Waals surface area contributed by atoms with Crippen LogP contribution in [0, 0.1) is 5.82 Å². The van der Waals surface area contributed by atoms with Gasteiger partial charge in [-0.1, -0.05) is 17.8 Å². The fraction of sp³-hybridized carbons (Fsp3) is 0.312. The van der Waals surface area contributed by atoms with Crippen molar-refractivity contribution in [1.29, 1.82) is 0 Å². The third-order valence-corrected chi connectivity index (χ3v) is 4.39. The van der Waals surface area contributed by atoms with E-state index in [9.17, 15) is 4.39 Å². The molecule has 0 saturated heterocycles. The Morgan fingerprint density at radius 3 is 2.88 bits per heavy atom. The molecule has 0 fully saturated rings. The number of thioether (sulfide) groups is 1. The molecule has 8 heteroatoms. The van der Waals surface area contributed by atoms with Gasteiger partial charge in [-0.15, -0.1) is 0 Å². The molecule has 126 valence electrons. The van der Waals surface area contributed by atoms with Gasteiger partial charge in [0.2, 0.25) is 0 Å².